The average Bonchev–Trinajstić information content (AvgIpc) is 2.30. The Balaban J connectivity index is 2.69. The fourth-order valence-electron chi connectivity index (χ4n) is 1.29. The molecule has 4 nitrogen and oxygen atoms in total. The number of rotatable bonds is 5. The molecule has 0 saturated carbocycles. The first kappa shape index (κ1) is 14.3. The van der Waals surface area contributed by atoms with E-state index in [0.29, 0.717) is 5.75 Å². The van der Waals surface area contributed by atoms with E-state index in [9.17, 15) is 9.18 Å². The molecule has 18 heavy (non-hydrogen) atoms. The molecule has 0 N–H and O–H groups in total. The summed E-state index contributed by atoms with van der Waals surface area (Å²) in [6, 6.07) is 4.03. The standard InChI is InChI=1S/C13H17FO4/c1-8(2)17-13(15)9(3)18-10-5-6-11(14)12(7-10)16-4/h5-9H,1-4H3. The Bertz CT molecular complexity index is 417. The van der Waals surface area contributed by atoms with Gasteiger partial charge >= 0.3 is 5.97 Å². The SMILES string of the molecule is COc1cc(OC(C)C(=O)OC(C)C)ccc1F. The molecule has 5 heteroatoms. The molecule has 0 fully saturated rings. The molecule has 0 aliphatic carbocycles. The van der Waals surface area contributed by atoms with Crippen molar-refractivity contribution in [3.63, 3.8) is 0 Å². The average molecular weight is 256 g/mol. The van der Waals surface area contributed by atoms with Crippen molar-refractivity contribution >= 4 is 5.97 Å². The maximum absolute atomic E-state index is 13.2. The number of halogens is 1. The molecule has 1 atom stereocenters. The first-order valence-corrected chi connectivity index (χ1v) is 5.64. The Hall–Kier alpha value is -1.78. The molecule has 1 aromatic rings. The summed E-state index contributed by atoms with van der Waals surface area (Å²) in [4.78, 5) is 11.5. The number of esters is 1. The van der Waals surface area contributed by atoms with Crippen LogP contribution in [0.1, 0.15) is 20.8 Å². The third-order valence-corrected chi connectivity index (χ3v) is 2.12. The Morgan fingerprint density at radius 1 is 1.28 bits per heavy atom. The molecule has 1 aromatic carbocycles. The summed E-state index contributed by atoms with van der Waals surface area (Å²) < 4.78 is 28.3. The molecule has 0 saturated heterocycles. The second-order valence-electron chi connectivity index (χ2n) is 4.04. The summed E-state index contributed by atoms with van der Waals surface area (Å²) in [7, 11) is 1.36. The van der Waals surface area contributed by atoms with Crippen LogP contribution in [0.2, 0.25) is 0 Å². The molecule has 0 aromatic heterocycles. The van der Waals surface area contributed by atoms with Gasteiger partial charge in [0.25, 0.3) is 0 Å². The number of benzene rings is 1. The first-order valence-electron chi connectivity index (χ1n) is 5.64. The number of hydrogen-bond acceptors (Lipinski definition) is 4. The zero-order valence-corrected chi connectivity index (χ0v) is 10.9. The zero-order chi connectivity index (χ0) is 13.7. The van der Waals surface area contributed by atoms with E-state index in [1.54, 1.807) is 20.8 Å². The number of carbonyl (C=O) groups is 1. The maximum atomic E-state index is 13.2. The van der Waals surface area contributed by atoms with Gasteiger partial charge in [-0.2, -0.15) is 0 Å². The van der Waals surface area contributed by atoms with Crippen LogP contribution in [0.4, 0.5) is 4.39 Å². The van der Waals surface area contributed by atoms with Gasteiger partial charge in [-0.05, 0) is 32.9 Å². The van der Waals surface area contributed by atoms with Gasteiger partial charge in [0.05, 0.1) is 13.2 Å². The third-order valence-electron chi connectivity index (χ3n) is 2.12. The fraction of sp³-hybridized carbons (Fsp3) is 0.462. The molecule has 0 radical (unpaired) electrons. The highest BCUT2D eigenvalue weighted by Crippen LogP contribution is 2.24. The molecular weight excluding hydrogens is 239 g/mol. The lowest BCUT2D eigenvalue weighted by atomic mass is 10.3. The minimum Gasteiger partial charge on any atom is -0.494 e. The van der Waals surface area contributed by atoms with Crippen LogP contribution in [0.15, 0.2) is 18.2 Å². The van der Waals surface area contributed by atoms with E-state index in [1.807, 2.05) is 0 Å². The minimum absolute atomic E-state index is 0.0666. The van der Waals surface area contributed by atoms with Crippen LogP contribution >= 0.6 is 0 Å². The molecule has 1 rings (SSSR count). The van der Waals surface area contributed by atoms with Crippen LogP contribution in [-0.4, -0.2) is 25.3 Å². The second kappa shape index (κ2) is 6.23. The number of methoxy groups -OCH3 is 1. The van der Waals surface area contributed by atoms with E-state index in [4.69, 9.17) is 14.2 Å². The van der Waals surface area contributed by atoms with Gasteiger partial charge in [-0.15, -0.1) is 0 Å². The summed E-state index contributed by atoms with van der Waals surface area (Å²) >= 11 is 0. The van der Waals surface area contributed by atoms with Crippen molar-refractivity contribution in [3.8, 4) is 11.5 Å². The lowest BCUT2D eigenvalue weighted by molar-refractivity contribution is -0.154. The smallest absolute Gasteiger partial charge is 0.347 e. The Labute approximate surface area is 106 Å². The molecule has 1 unspecified atom stereocenters. The first-order chi connectivity index (χ1) is 8.43. The van der Waals surface area contributed by atoms with Gasteiger partial charge < -0.3 is 14.2 Å². The molecule has 100 valence electrons. The van der Waals surface area contributed by atoms with E-state index < -0.39 is 17.9 Å². The summed E-state index contributed by atoms with van der Waals surface area (Å²) in [5.41, 5.74) is 0. The van der Waals surface area contributed by atoms with Crippen molar-refractivity contribution in [2.24, 2.45) is 0 Å². The van der Waals surface area contributed by atoms with E-state index >= 15 is 0 Å². The molecule has 0 spiro atoms. The highest BCUT2D eigenvalue weighted by atomic mass is 19.1. The monoisotopic (exact) mass is 256 g/mol. The van der Waals surface area contributed by atoms with Crippen LogP contribution in [0.3, 0.4) is 0 Å². The van der Waals surface area contributed by atoms with Gasteiger partial charge in [-0.1, -0.05) is 0 Å². The predicted octanol–water partition coefficient (Wildman–Crippen LogP) is 2.55. The number of carbonyl (C=O) groups excluding carboxylic acids is 1. The molecular formula is C13H17FO4. The van der Waals surface area contributed by atoms with Crippen molar-refractivity contribution < 1.29 is 23.4 Å². The van der Waals surface area contributed by atoms with Crippen LogP contribution in [-0.2, 0) is 9.53 Å². The Kier molecular flexibility index (Phi) is 4.95. The highest BCUT2D eigenvalue weighted by molar-refractivity contribution is 5.74. The van der Waals surface area contributed by atoms with Gasteiger partial charge in [0.1, 0.15) is 5.75 Å². The van der Waals surface area contributed by atoms with E-state index in [2.05, 4.69) is 0 Å². The summed E-state index contributed by atoms with van der Waals surface area (Å²) in [5.74, 6) is -0.533. The van der Waals surface area contributed by atoms with Crippen molar-refractivity contribution in [1.82, 2.24) is 0 Å². The lowest BCUT2D eigenvalue weighted by Gasteiger charge is -2.16. The van der Waals surface area contributed by atoms with Gasteiger partial charge in [0.15, 0.2) is 17.7 Å². The largest absolute Gasteiger partial charge is 0.494 e. The normalized spacial score (nSPS) is 12.1. The van der Waals surface area contributed by atoms with Crippen molar-refractivity contribution in [2.75, 3.05) is 7.11 Å². The summed E-state index contributed by atoms with van der Waals surface area (Å²) in [6.07, 6.45) is -0.964. The molecule has 0 heterocycles. The Morgan fingerprint density at radius 3 is 2.50 bits per heavy atom. The van der Waals surface area contributed by atoms with Gasteiger partial charge in [0.2, 0.25) is 0 Å². The fourth-order valence-corrected chi connectivity index (χ4v) is 1.29. The van der Waals surface area contributed by atoms with Crippen LogP contribution < -0.4 is 9.47 Å². The Morgan fingerprint density at radius 2 is 1.94 bits per heavy atom. The second-order valence-corrected chi connectivity index (χ2v) is 4.04. The zero-order valence-electron chi connectivity index (χ0n) is 10.9. The molecule has 0 bridgehead atoms. The van der Waals surface area contributed by atoms with Crippen molar-refractivity contribution in [3.05, 3.63) is 24.0 Å². The highest BCUT2D eigenvalue weighted by Gasteiger charge is 2.18. The topological polar surface area (TPSA) is 44.8 Å². The number of ether oxygens (including phenoxy) is 3. The molecule has 0 amide bonds. The van der Waals surface area contributed by atoms with Crippen LogP contribution in [0, 0.1) is 5.82 Å². The quantitative estimate of drug-likeness (QED) is 0.759. The van der Waals surface area contributed by atoms with Crippen molar-refractivity contribution in [2.45, 2.75) is 33.0 Å². The van der Waals surface area contributed by atoms with Gasteiger partial charge in [-0.25, -0.2) is 9.18 Å². The maximum Gasteiger partial charge on any atom is 0.347 e. The number of hydrogen-bond donors (Lipinski definition) is 0. The molecule has 0 aliphatic heterocycles. The van der Waals surface area contributed by atoms with E-state index in [0.717, 1.165) is 0 Å². The molecule has 0 aliphatic rings. The summed E-state index contributed by atoms with van der Waals surface area (Å²) in [6.45, 7) is 5.08. The van der Waals surface area contributed by atoms with Crippen molar-refractivity contribution in [1.29, 1.82) is 0 Å². The van der Waals surface area contributed by atoms with E-state index in [1.165, 1.54) is 25.3 Å². The summed E-state index contributed by atoms with van der Waals surface area (Å²) in [5, 5.41) is 0. The third kappa shape index (κ3) is 3.91. The van der Waals surface area contributed by atoms with Gasteiger partial charge in [-0.3, -0.25) is 0 Å². The van der Waals surface area contributed by atoms with Gasteiger partial charge in [0, 0.05) is 6.07 Å². The van der Waals surface area contributed by atoms with Crippen LogP contribution in [0.5, 0.6) is 11.5 Å². The van der Waals surface area contributed by atoms with Crippen LogP contribution in [0.25, 0.3) is 0 Å². The lowest BCUT2D eigenvalue weighted by Crippen LogP contribution is -2.28. The predicted molar refractivity (Wildman–Crippen MR) is 64.3 cm³/mol. The van der Waals surface area contributed by atoms with E-state index in [-0.39, 0.29) is 11.9 Å². The minimum atomic E-state index is -0.762.